The first-order chi connectivity index (χ1) is 10.0. The van der Waals surface area contributed by atoms with Gasteiger partial charge in [-0.15, -0.1) is 0 Å². The van der Waals surface area contributed by atoms with E-state index in [4.69, 9.17) is 19.7 Å². The van der Waals surface area contributed by atoms with Gasteiger partial charge >= 0.3 is 0 Å². The van der Waals surface area contributed by atoms with Gasteiger partial charge in [0.25, 0.3) is 0 Å². The molecule has 112 valence electrons. The largest absolute Gasteiger partial charge is 0.387 e. The highest BCUT2D eigenvalue weighted by atomic mass is 16.8. The van der Waals surface area contributed by atoms with Crippen molar-refractivity contribution in [3.8, 4) is 0 Å². The summed E-state index contributed by atoms with van der Waals surface area (Å²) in [5, 5.41) is 14.2. The van der Waals surface area contributed by atoms with E-state index in [2.05, 4.69) is 10.0 Å². The predicted octanol–water partition coefficient (Wildman–Crippen LogP) is 2.28. The normalized spacial score (nSPS) is 35.0. The molecule has 0 aromatic heterocycles. The van der Waals surface area contributed by atoms with Crippen LogP contribution in [0.5, 0.6) is 0 Å². The Balaban J connectivity index is 1.85. The second-order valence-electron chi connectivity index (χ2n) is 5.62. The molecule has 5 atom stereocenters. The molecule has 3 rings (SSSR count). The highest BCUT2D eigenvalue weighted by Gasteiger charge is 2.56. The van der Waals surface area contributed by atoms with Crippen molar-refractivity contribution >= 4 is 0 Å². The smallest absolute Gasteiger partial charge is 0.190 e. The second kappa shape index (κ2) is 5.29. The van der Waals surface area contributed by atoms with E-state index in [1.807, 2.05) is 30.3 Å². The average Bonchev–Trinajstić information content (AvgIpc) is 2.91. The first-order valence-corrected chi connectivity index (χ1v) is 6.80. The highest BCUT2D eigenvalue weighted by Crippen LogP contribution is 2.41. The zero-order valence-corrected chi connectivity index (χ0v) is 11.8. The Morgan fingerprint density at radius 2 is 2.00 bits per heavy atom. The molecule has 7 heteroatoms. The molecule has 0 amide bonds. The first-order valence-electron chi connectivity index (χ1n) is 6.80. The van der Waals surface area contributed by atoms with Crippen molar-refractivity contribution in [1.82, 2.24) is 0 Å². The second-order valence-corrected chi connectivity index (χ2v) is 5.62. The standard InChI is InChI=1S/C14H17N3O4/c1-14(2)20-12-10(18)11(19-13(12)21-14)9(16-17-15)8-6-4-3-5-7-8/h3-7,9-13,18H,1-2H3/t9-,10-,11+,12+,13-/m0/s1. The minimum atomic E-state index is -0.924. The fourth-order valence-electron chi connectivity index (χ4n) is 2.81. The molecule has 2 fully saturated rings. The predicted molar refractivity (Wildman–Crippen MR) is 73.0 cm³/mol. The van der Waals surface area contributed by atoms with Crippen LogP contribution in [0.3, 0.4) is 0 Å². The van der Waals surface area contributed by atoms with Crippen molar-refractivity contribution in [1.29, 1.82) is 0 Å². The lowest BCUT2D eigenvalue weighted by molar-refractivity contribution is -0.217. The minimum Gasteiger partial charge on any atom is -0.387 e. The molecule has 2 saturated heterocycles. The number of rotatable bonds is 3. The summed E-state index contributed by atoms with van der Waals surface area (Å²) in [6.07, 6.45) is -2.85. The van der Waals surface area contributed by atoms with Crippen molar-refractivity contribution in [3.63, 3.8) is 0 Å². The van der Waals surface area contributed by atoms with Crippen LogP contribution in [0, 0.1) is 0 Å². The number of aliphatic hydroxyl groups excluding tert-OH is 1. The quantitative estimate of drug-likeness (QED) is 0.525. The molecule has 7 nitrogen and oxygen atoms in total. The number of nitrogens with zero attached hydrogens (tertiary/aromatic N) is 3. The zero-order valence-electron chi connectivity index (χ0n) is 11.8. The highest BCUT2D eigenvalue weighted by molar-refractivity contribution is 5.22. The number of azide groups is 1. The Morgan fingerprint density at radius 3 is 2.62 bits per heavy atom. The van der Waals surface area contributed by atoms with Gasteiger partial charge in [0, 0.05) is 4.91 Å². The Kier molecular flexibility index (Phi) is 3.61. The van der Waals surface area contributed by atoms with Gasteiger partial charge in [-0.25, -0.2) is 0 Å². The molecule has 0 bridgehead atoms. The van der Waals surface area contributed by atoms with E-state index >= 15 is 0 Å². The lowest BCUT2D eigenvalue weighted by Gasteiger charge is -2.26. The van der Waals surface area contributed by atoms with Gasteiger partial charge in [0.2, 0.25) is 0 Å². The third-order valence-corrected chi connectivity index (χ3v) is 3.68. The molecule has 2 aliphatic heterocycles. The van der Waals surface area contributed by atoms with E-state index in [0.717, 1.165) is 5.56 Å². The average molecular weight is 291 g/mol. The summed E-state index contributed by atoms with van der Waals surface area (Å²) >= 11 is 0. The Hall–Kier alpha value is -1.63. The molecule has 21 heavy (non-hydrogen) atoms. The van der Waals surface area contributed by atoms with Crippen LogP contribution in [0.15, 0.2) is 35.4 Å². The van der Waals surface area contributed by atoms with Gasteiger partial charge in [-0.05, 0) is 24.9 Å². The van der Waals surface area contributed by atoms with Gasteiger partial charge in [0.1, 0.15) is 18.3 Å². The van der Waals surface area contributed by atoms with Crippen molar-refractivity contribution in [3.05, 3.63) is 46.3 Å². The lowest BCUT2D eigenvalue weighted by Crippen LogP contribution is -2.37. The molecule has 0 spiro atoms. The Bertz CT molecular complexity index is 559. The Morgan fingerprint density at radius 1 is 1.29 bits per heavy atom. The van der Waals surface area contributed by atoms with E-state index in [1.165, 1.54) is 0 Å². The zero-order chi connectivity index (χ0) is 15.0. The summed E-state index contributed by atoms with van der Waals surface area (Å²) in [6, 6.07) is 8.57. The topological polar surface area (TPSA) is 96.7 Å². The van der Waals surface area contributed by atoms with Crippen LogP contribution in [-0.2, 0) is 14.2 Å². The fourth-order valence-corrected chi connectivity index (χ4v) is 2.81. The van der Waals surface area contributed by atoms with Gasteiger partial charge in [-0.3, -0.25) is 0 Å². The number of hydrogen-bond donors (Lipinski definition) is 1. The molecule has 2 heterocycles. The molecule has 0 radical (unpaired) electrons. The molecule has 1 N–H and O–H groups in total. The summed E-state index contributed by atoms with van der Waals surface area (Å²) in [5.74, 6) is -0.790. The summed E-state index contributed by atoms with van der Waals surface area (Å²) in [7, 11) is 0. The van der Waals surface area contributed by atoms with Gasteiger partial charge in [0.05, 0.1) is 6.04 Å². The van der Waals surface area contributed by atoms with E-state index < -0.39 is 36.4 Å². The van der Waals surface area contributed by atoms with E-state index in [0.29, 0.717) is 0 Å². The SMILES string of the molecule is CC1(C)O[C@@H]2O[C@H]([C@@H](N=[N+]=[N-])c3ccccc3)[C@H](O)[C@H]2O1. The van der Waals surface area contributed by atoms with Crippen LogP contribution in [-0.4, -0.2) is 35.5 Å². The molecule has 0 unspecified atom stereocenters. The van der Waals surface area contributed by atoms with Crippen molar-refractivity contribution in [2.45, 2.75) is 50.3 Å². The number of aliphatic hydroxyl groups is 1. The summed E-state index contributed by atoms with van der Waals surface area (Å²) < 4.78 is 17.0. The van der Waals surface area contributed by atoms with Crippen molar-refractivity contribution in [2.24, 2.45) is 5.11 Å². The number of fused-ring (bicyclic) bond motifs is 1. The third kappa shape index (κ3) is 2.62. The van der Waals surface area contributed by atoms with Gasteiger partial charge in [-0.2, -0.15) is 0 Å². The maximum atomic E-state index is 10.4. The monoisotopic (exact) mass is 291 g/mol. The molecule has 1 aromatic carbocycles. The minimum absolute atomic E-state index is 0.579. The van der Waals surface area contributed by atoms with Crippen molar-refractivity contribution in [2.75, 3.05) is 0 Å². The van der Waals surface area contributed by atoms with Gasteiger partial charge < -0.3 is 19.3 Å². The van der Waals surface area contributed by atoms with Gasteiger partial charge in [0.15, 0.2) is 12.1 Å². The van der Waals surface area contributed by atoms with E-state index in [-0.39, 0.29) is 0 Å². The molecular weight excluding hydrogens is 274 g/mol. The van der Waals surface area contributed by atoms with E-state index in [9.17, 15) is 5.11 Å². The molecule has 0 saturated carbocycles. The maximum Gasteiger partial charge on any atom is 0.190 e. The third-order valence-electron chi connectivity index (χ3n) is 3.68. The number of benzene rings is 1. The molecule has 0 aliphatic carbocycles. The molecular formula is C14H17N3O4. The maximum absolute atomic E-state index is 10.4. The van der Waals surface area contributed by atoms with Gasteiger partial charge in [-0.1, -0.05) is 35.4 Å². The van der Waals surface area contributed by atoms with Crippen LogP contribution < -0.4 is 0 Å². The molecule has 2 aliphatic rings. The molecule has 1 aromatic rings. The summed E-state index contributed by atoms with van der Waals surface area (Å²) in [6.45, 7) is 3.52. The van der Waals surface area contributed by atoms with Crippen LogP contribution >= 0.6 is 0 Å². The summed E-state index contributed by atoms with van der Waals surface area (Å²) in [4.78, 5) is 2.87. The van der Waals surface area contributed by atoms with Crippen LogP contribution in [0.1, 0.15) is 25.5 Å². The first kappa shape index (κ1) is 14.3. The van der Waals surface area contributed by atoms with Crippen LogP contribution in [0.25, 0.3) is 10.4 Å². The summed E-state index contributed by atoms with van der Waals surface area (Å²) in [5.41, 5.74) is 9.57. The number of ether oxygens (including phenoxy) is 3. The van der Waals surface area contributed by atoms with Crippen LogP contribution in [0.2, 0.25) is 0 Å². The lowest BCUT2D eigenvalue weighted by atomic mass is 9.97. The fraction of sp³-hybridized carbons (Fsp3) is 0.571. The van der Waals surface area contributed by atoms with E-state index in [1.54, 1.807) is 13.8 Å². The van der Waals surface area contributed by atoms with Crippen molar-refractivity contribution < 1.29 is 19.3 Å². The van der Waals surface area contributed by atoms with Crippen LogP contribution in [0.4, 0.5) is 0 Å². The number of hydrogen-bond acceptors (Lipinski definition) is 5. The Labute approximate surface area is 122 Å².